The summed E-state index contributed by atoms with van der Waals surface area (Å²) in [6, 6.07) is 9.25. The summed E-state index contributed by atoms with van der Waals surface area (Å²) in [5.41, 5.74) is 3.56. The first-order valence-electron chi connectivity index (χ1n) is 10.8. The molecule has 2 aromatic heterocycles. The van der Waals surface area contributed by atoms with Crippen LogP contribution >= 0.6 is 0 Å². The smallest absolute Gasteiger partial charge is 0.340 e. The van der Waals surface area contributed by atoms with E-state index < -0.39 is 5.63 Å². The molecular formula is C26H25NO6. The molecule has 3 heterocycles. The number of hydrogen-bond acceptors (Lipinski definition) is 6. The van der Waals surface area contributed by atoms with Gasteiger partial charge in [0.25, 0.3) is 0 Å². The van der Waals surface area contributed by atoms with E-state index in [4.69, 9.17) is 18.3 Å². The van der Waals surface area contributed by atoms with Gasteiger partial charge in [-0.2, -0.15) is 0 Å². The van der Waals surface area contributed by atoms with E-state index >= 15 is 0 Å². The lowest BCUT2D eigenvalue weighted by Gasteiger charge is -2.16. The van der Waals surface area contributed by atoms with Crippen molar-refractivity contribution in [3.63, 3.8) is 0 Å². The normalized spacial score (nSPS) is 13.1. The fourth-order valence-electron chi connectivity index (χ4n) is 4.17. The standard InChI is InChI=1S/C26H25NO6/c1-14-16-8-18-19(26(2,3)4)12-30-21(18)10-22(16)33-25(29)17(14)9-24(28)27-11-15-5-6-20-23(7-15)32-13-31-20/h5-8,10,12H,9,11,13H2,1-4H3,(H,27,28). The number of furan rings is 1. The van der Waals surface area contributed by atoms with Gasteiger partial charge >= 0.3 is 5.63 Å². The number of hydrogen-bond donors (Lipinski definition) is 1. The molecule has 4 aromatic rings. The lowest BCUT2D eigenvalue weighted by Crippen LogP contribution is -2.27. The third-order valence-corrected chi connectivity index (χ3v) is 6.05. The minimum absolute atomic E-state index is 0.0653. The Balaban J connectivity index is 1.41. The molecule has 7 nitrogen and oxygen atoms in total. The maximum absolute atomic E-state index is 12.7. The highest BCUT2D eigenvalue weighted by Crippen LogP contribution is 2.35. The van der Waals surface area contributed by atoms with Gasteiger partial charge in [-0.15, -0.1) is 0 Å². The van der Waals surface area contributed by atoms with Crippen LogP contribution in [0.3, 0.4) is 0 Å². The van der Waals surface area contributed by atoms with Crippen LogP contribution < -0.4 is 20.4 Å². The van der Waals surface area contributed by atoms with E-state index in [9.17, 15) is 9.59 Å². The molecule has 2 aromatic carbocycles. The van der Waals surface area contributed by atoms with Crippen LogP contribution in [0.1, 0.15) is 43.0 Å². The molecule has 0 fully saturated rings. The summed E-state index contributed by atoms with van der Waals surface area (Å²) in [4.78, 5) is 25.3. The van der Waals surface area contributed by atoms with Crippen molar-refractivity contribution in [3.05, 3.63) is 69.3 Å². The van der Waals surface area contributed by atoms with Crippen LogP contribution in [-0.2, 0) is 23.2 Å². The average Bonchev–Trinajstić information content (AvgIpc) is 3.40. The monoisotopic (exact) mass is 447 g/mol. The highest BCUT2D eigenvalue weighted by atomic mass is 16.7. The second-order valence-electron chi connectivity index (χ2n) is 9.38. The molecule has 1 aliphatic heterocycles. The molecule has 0 saturated carbocycles. The van der Waals surface area contributed by atoms with Gasteiger partial charge in [-0.3, -0.25) is 4.79 Å². The van der Waals surface area contributed by atoms with E-state index in [0.717, 1.165) is 27.5 Å². The first-order chi connectivity index (χ1) is 15.7. The van der Waals surface area contributed by atoms with Crippen LogP contribution in [0, 0.1) is 6.92 Å². The third-order valence-electron chi connectivity index (χ3n) is 6.05. The van der Waals surface area contributed by atoms with Crippen LogP contribution in [0.4, 0.5) is 0 Å². The van der Waals surface area contributed by atoms with Gasteiger partial charge in [0.05, 0.1) is 18.2 Å². The first-order valence-corrected chi connectivity index (χ1v) is 10.8. The summed E-state index contributed by atoms with van der Waals surface area (Å²) in [5, 5.41) is 4.64. The molecule has 0 saturated heterocycles. The van der Waals surface area contributed by atoms with Gasteiger partial charge in [-0.05, 0) is 41.7 Å². The average molecular weight is 447 g/mol. The molecule has 0 bridgehead atoms. The van der Waals surface area contributed by atoms with Crippen molar-refractivity contribution in [3.8, 4) is 11.5 Å². The summed E-state index contributed by atoms with van der Waals surface area (Å²) in [7, 11) is 0. The lowest BCUT2D eigenvalue weighted by molar-refractivity contribution is -0.120. The number of carbonyl (C=O) groups is 1. The molecule has 170 valence electrons. The van der Waals surface area contributed by atoms with Crippen LogP contribution in [0.25, 0.3) is 21.9 Å². The van der Waals surface area contributed by atoms with Crippen molar-refractivity contribution in [1.82, 2.24) is 5.32 Å². The molecule has 0 spiro atoms. The number of amides is 1. The first kappa shape index (κ1) is 21.1. The number of benzene rings is 2. The van der Waals surface area contributed by atoms with E-state index in [-0.39, 0.29) is 24.5 Å². The summed E-state index contributed by atoms with van der Waals surface area (Å²) in [6.45, 7) is 8.73. The maximum Gasteiger partial charge on any atom is 0.340 e. The highest BCUT2D eigenvalue weighted by Gasteiger charge is 2.22. The largest absolute Gasteiger partial charge is 0.464 e. The Morgan fingerprint density at radius 3 is 2.61 bits per heavy atom. The number of ether oxygens (including phenoxy) is 2. The number of nitrogens with one attached hydrogen (secondary N) is 1. The molecular weight excluding hydrogens is 422 g/mol. The van der Waals surface area contributed by atoms with Gasteiger partial charge < -0.3 is 23.6 Å². The summed E-state index contributed by atoms with van der Waals surface area (Å²) < 4.78 is 22.0. The topological polar surface area (TPSA) is 90.9 Å². The van der Waals surface area contributed by atoms with Gasteiger partial charge in [-0.1, -0.05) is 26.8 Å². The van der Waals surface area contributed by atoms with E-state index in [0.29, 0.717) is 34.8 Å². The zero-order valence-corrected chi connectivity index (χ0v) is 19.0. The molecule has 1 amide bonds. The Bertz CT molecular complexity index is 1450. The van der Waals surface area contributed by atoms with Gasteiger partial charge in [0.2, 0.25) is 12.7 Å². The third kappa shape index (κ3) is 3.84. The van der Waals surface area contributed by atoms with Crippen LogP contribution in [-0.4, -0.2) is 12.7 Å². The molecule has 1 N–H and O–H groups in total. The van der Waals surface area contributed by atoms with Crippen LogP contribution in [0.5, 0.6) is 11.5 Å². The summed E-state index contributed by atoms with van der Waals surface area (Å²) in [5.74, 6) is 1.09. The van der Waals surface area contributed by atoms with Crippen molar-refractivity contribution in [2.24, 2.45) is 0 Å². The zero-order valence-electron chi connectivity index (χ0n) is 19.0. The predicted octanol–water partition coefficient (Wildman–Crippen LogP) is 4.73. The second-order valence-corrected chi connectivity index (χ2v) is 9.38. The summed E-state index contributed by atoms with van der Waals surface area (Å²) >= 11 is 0. The quantitative estimate of drug-likeness (QED) is 0.455. The number of carbonyl (C=O) groups excluding carboxylic acids is 1. The Morgan fingerprint density at radius 2 is 1.82 bits per heavy atom. The van der Waals surface area contributed by atoms with Crippen molar-refractivity contribution in [2.75, 3.05) is 6.79 Å². The molecule has 0 atom stereocenters. The number of aryl methyl sites for hydroxylation is 1. The van der Waals surface area contributed by atoms with Crippen molar-refractivity contribution in [1.29, 1.82) is 0 Å². The summed E-state index contributed by atoms with van der Waals surface area (Å²) in [6.07, 6.45) is 1.69. The van der Waals surface area contributed by atoms with Gasteiger partial charge in [0.15, 0.2) is 11.5 Å². The minimum atomic E-state index is -0.514. The van der Waals surface area contributed by atoms with Crippen molar-refractivity contribution >= 4 is 27.8 Å². The van der Waals surface area contributed by atoms with Crippen molar-refractivity contribution < 1.29 is 23.1 Å². The molecule has 0 radical (unpaired) electrons. The van der Waals surface area contributed by atoms with Gasteiger partial charge in [-0.25, -0.2) is 4.79 Å². The van der Waals surface area contributed by atoms with Crippen LogP contribution in [0.2, 0.25) is 0 Å². The molecule has 0 unspecified atom stereocenters. The van der Waals surface area contributed by atoms with E-state index in [1.807, 2.05) is 31.2 Å². The SMILES string of the molecule is Cc1c(CC(=O)NCc2ccc3c(c2)OCO3)c(=O)oc2cc3occ(C(C)(C)C)c3cc12. The van der Waals surface area contributed by atoms with Gasteiger partial charge in [0.1, 0.15) is 11.2 Å². The molecule has 33 heavy (non-hydrogen) atoms. The number of fused-ring (bicyclic) bond motifs is 3. The van der Waals surface area contributed by atoms with Crippen LogP contribution in [0.15, 0.2) is 50.2 Å². The predicted molar refractivity (Wildman–Crippen MR) is 124 cm³/mol. The highest BCUT2D eigenvalue weighted by molar-refractivity contribution is 5.97. The van der Waals surface area contributed by atoms with E-state index in [1.54, 1.807) is 12.3 Å². The molecule has 0 aliphatic carbocycles. The second kappa shape index (κ2) is 7.69. The van der Waals surface area contributed by atoms with E-state index in [1.165, 1.54) is 0 Å². The Labute approximate surface area is 190 Å². The molecule has 7 heteroatoms. The van der Waals surface area contributed by atoms with Gasteiger partial charge in [0, 0.05) is 28.9 Å². The minimum Gasteiger partial charge on any atom is -0.464 e. The fraction of sp³-hybridized carbons (Fsp3) is 0.308. The fourth-order valence-corrected chi connectivity index (χ4v) is 4.17. The molecule has 5 rings (SSSR count). The molecule has 1 aliphatic rings. The van der Waals surface area contributed by atoms with E-state index in [2.05, 4.69) is 26.1 Å². The lowest BCUT2D eigenvalue weighted by atomic mass is 9.86. The number of rotatable bonds is 4. The maximum atomic E-state index is 12.7. The Kier molecular flexibility index (Phi) is 4.92. The zero-order chi connectivity index (χ0) is 23.3. The Hall–Kier alpha value is -3.74. The Morgan fingerprint density at radius 1 is 1.03 bits per heavy atom. The van der Waals surface area contributed by atoms with Crippen molar-refractivity contribution in [2.45, 2.75) is 46.1 Å².